The summed E-state index contributed by atoms with van der Waals surface area (Å²) in [5.74, 6) is 0. The van der Waals surface area contributed by atoms with E-state index in [0.717, 1.165) is 39.0 Å². The van der Waals surface area contributed by atoms with Crippen LogP contribution in [0.15, 0.2) is 144 Å². The van der Waals surface area contributed by atoms with Gasteiger partial charge in [-0.2, -0.15) is 0 Å². The van der Waals surface area contributed by atoms with Gasteiger partial charge in [-0.1, -0.05) is 97.1 Å². The molecule has 0 fully saturated rings. The molecule has 0 N–H and O–H groups in total. The molecule has 0 amide bonds. The molecule has 178 valence electrons. The Morgan fingerprint density at radius 1 is 0.395 bits per heavy atom. The molecule has 2 nitrogen and oxygen atoms in total. The standard InChI is InChI=1S/C36H23NO/c1-2-11-26(12-3-1)37(27-20-21-31-30-15-8-9-17-34(30)38-35(31)23-27)33-22-25-19-18-24-10-4-5-13-28(24)36(25)32-16-7-6-14-29(32)33/h1-23H. The first kappa shape index (κ1) is 21.0. The third-order valence-electron chi connectivity index (χ3n) is 7.60. The van der Waals surface area contributed by atoms with Gasteiger partial charge in [0.1, 0.15) is 11.2 Å². The van der Waals surface area contributed by atoms with Crippen molar-refractivity contribution in [1.82, 2.24) is 0 Å². The van der Waals surface area contributed by atoms with Crippen LogP contribution < -0.4 is 4.90 Å². The number of benzene rings is 7. The SMILES string of the molecule is c1ccc(N(c2ccc3c(c2)oc2ccccc23)c2cc3ccc4ccccc4c3c3ccccc23)cc1. The maximum absolute atomic E-state index is 6.29. The molecular formula is C36H23NO. The number of hydrogen-bond acceptors (Lipinski definition) is 2. The largest absolute Gasteiger partial charge is 0.456 e. The smallest absolute Gasteiger partial charge is 0.137 e. The van der Waals surface area contributed by atoms with Gasteiger partial charge in [0, 0.05) is 33.6 Å². The van der Waals surface area contributed by atoms with Crippen molar-refractivity contribution in [2.75, 3.05) is 4.90 Å². The Balaban J connectivity index is 1.45. The normalized spacial score (nSPS) is 11.7. The van der Waals surface area contributed by atoms with E-state index in [1.54, 1.807) is 0 Å². The van der Waals surface area contributed by atoms with Crippen LogP contribution in [0.5, 0.6) is 0 Å². The van der Waals surface area contributed by atoms with Crippen LogP contribution in [-0.2, 0) is 0 Å². The van der Waals surface area contributed by atoms with Crippen LogP contribution in [0.1, 0.15) is 0 Å². The van der Waals surface area contributed by atoms with Crippen molar-refractivity contribution >= 4 is 71.3 Å². The van der Waals surface area contributed by atoms with Gasteiger partial charge in [0.25, 0.3) is 0 Å². The van der Waals surface area contributed by atoms with E-state index >= 15 is 0 Å². The number of hydrogen-bond donors (Lipinski definition) is 0. The Hall–Kier alpha value is -5.08. The minimum absolute atomic E-state index is 0.890. The molecule has 0 saturated carbocycles. The average molecular weight is 486 g/mol. The summed E-state index contributed by atoms with van der Waals surface area (Å²) in [4.78, 5) is 2.35. The fourth-order valence-corrected chi connectivity index (χ4v) is 5.90. The maximum Gasteiger partial charge on any atom is 0.137 e. The van der Waals surface area contributed by atoms with E-state index in [1.807, 2.05) is 12.1 Å². The Labute approximate surface area is 220 Å². The predicted molar refractivity (Wildman–Crippen MR) is 161 cm³/mol. The van der Waals surface area contributed by atoms with Gasteiger partial charge in [0.2, 0.25) is 0 Å². The van der Waals surface area contributed by atoms with Crippen LogP contribution in [-0.4, -0.2) is 0 Å². The van der Waals surface area contributed by atoms with Crippen molar-refractivity contribution in [2.24, 2.45) is 0 Å². The molecular weight excluding hydrogens is 462 g/mol. The summed E-state index contributed by atoms with van der Waals surface area (Å²) in [5.41, 5.74) is 5.11. The molecule has 7 aromatic carbocycles. The minimum atomic E-state index is 0.890. The van der Waals surface area contributed by atoms with Crippen molar-refractivity contribution in [2.45, 2.75) is 0 Å². The maximum atomic E-state index is 6.29. The van der Waals surface area contributed by atoms with Crippen molar-refractivity contribution in [1.29, 1.82) is 0 Å². The Kier molecular flexibility index (Phi) is 4.55. The molecule has 0 bridgehead atoms. The fourth-order valence-electron chi connectivity index (χ4n) is 5.90. The highest BCUT2D eigenvalue weighted by molar-refractivity contribution is 6.23. The molecule has 1 heterocycles. The summed E-state index contributed by atoms with van der Waals surface area (Å²) >= 11 is 0. The highest BCUT2D eigenvalue weighted by atomic mass is 16.3. The van der Waals surface area contributed by atoms with E-state index < -0.39 is 0 Å². The molecule has 0 aliphatic heterocycles. The van der Waals surface area contributed by atoms with Gasteiger partial charge in [0.15, 0.2) is 0 Å². The highest BCUT2D eigenvalue weighted by Gasteiger charge is 2.19. The molecule has 8 rings (SSSR count). The van der Waals surface area contributed by atoms with E-state index in [-0.39, 0.29) is 0 Å². The number of fused-ring (bicyclic) bond motifs is 8. The van der Waals surface area contributed by atoms with E-state index in [2.05, 4.69) is 132 Å². The predicted octanol–water partition coefficient (Wildman–Crippen LogP) is 10.5. The van der Waals surface area contributed by atoms with Crippen molar-refractivity contribution < 1.29 is 4.42 Å². The van der Waals surface area contributed by atoms with Crippen LogP contribution in [0.2, 0.25) is 0 Å². The molecule has 0 atom stereocenters. The van der Waals surface area contributed by atoms with E-state index in [9.17, 15) is 0 Å². The second-order valence-corrected chi connectivity index (χ2v) is 9.78. The summed E-state index contributed by atoms with van der Waals surface area (Å²) in [6.07, 6.45) is 0. The minimum Gasteiger partial charge on any atom is -0.456 e. The lowest BCUT2D eigenvalue weighted by molar-refractivity contribution is 0.669. The number of nitrogens with zero attached hydrogens (tertiary/aromatic N) is 1. The van der Waals surface area contributed by atoms with Gasteiger partial charge >= 0.3 is 0 Å². The van der Waals surface area contributed by atoms with Gasteiger partial charge in [-0.25, -0.2) is 0 Å². The second kappa shape index (κ2) is 8.22. The third kappa shape index (κ3) is 3.14. The molecule has 0 saturated heterocycles. The first-order chi connectivity index (χ1) is 18.8. The number of rotatable bonds is 3. The zero-order chi connectivity index (χ0) is 25.1. The Bertz CT molecular complexity index is 2140. The molecule has 2 heteroatoms. The van der Waals surface area contributed by atoms with Crippen molar-refractivity contribution in [3.05, 3.63) is 140 Å². The van der Waals surface area contributed by atoms with E-state index in [0.29, 0.717) is 0 Å². The zero-order valence-electron chi connectivity index (χ0n) is 20.6. The first-order valence-electron chi connectivity index (χ1n) is 12.9. The van der Waals surface area contributed by atoms with Gasteiger partial charge in [-0.15, -0.1) is 0 Å². The molecule has 1 aromatic heterocycles. The number of para-hydroxylation sites is 2. The molecule has 38 heavy (non-hydrogen) atoms. The summed E-state index contributed by atoms with van der Waals surface area (Å²) in [7, 11) is 0. The quantitative estimate of drug-likeness (QED) is 0.231. The fraction of sp³-hybridized carbons (Fsp3) is 0. The molecule has 0 aliphatic rings. The second-order valence-electron chi connectivity index (χ2n) is 9.78. The summed E-state index contributed by atoms with van der Waals surface area (Å²) in [6, 6.07) is 49.6. The zero-order valence-corrected chi connectivity index (χ0v) is 20.6. The van der Waals surface area contributed by atoms with Crippen molar-refractivity contribution in [3.63, 3.8) is 0 Å². The summed E-state index contributed by atoms with van der Waals surface area (Å²) in [5, 5.41) is 9.80. The lowest BCUT2D eigenvalue weighted by atomic mass is 9.94. The lowest BCUT2D eigenvalue weighted by Gasteiger charge is -2.27. The van der Waals surface area contributed by atoms with Gasteiger partial charge in [-0.05, 0) is 63.3 Å². The number of furan rings is 1. The Morgan fingerprint density at radius 3 is 1.92 bits per heavy atom. The molecule has 0 radical (unpaired) electrons. The Morgan fingerprint density at radius 2 is 1.05 bits per heavy atom. The van der Waals surface area contributed by atoms with Crippen LogP contribution in [0.25, 0.3) is 54.3 Å². The van der Waals surface area contributed by atoms with Gasteiger partial charge < -0.3 is 9.32 Å². The van der Waals surface area contributed by atoms with Crippen LogP contribution in [0.4, 0.5) is 17.1 Å². The first-order valence-corrected chi connectivity index (χ1v) is 12.9. The molecule has 0 spiro atoms. The van der Waals surface area contributed by atoms with Gasteiger partial charge in [0.05, 0.1) is 5.69 Å². The number of anilines is 3. The molecule has 0 aliphatic carbocycles. The average Bonchev–Trinajstić information content (AvgIpc) is 3.35. The summed E-state index contributed by atoms with van der Waals surface area (Å²) < 4.78 is 6.29. The van der Waals surface area contributed by atoms with Crippen LogP contribution in [0.3, 0.4) is 0 Å². The highest BCUT2D eigenvalue weighted by Crippen LogP contribution is 2.44. The van der Waals surface area contributed by atoms with Gasteiger partial charge in [-0.3, -0.25) is 0 Å². The van der Waals surface area contributed by atoms with Crippen LogP contribution in [0, 0.1) is 0 Å². The monoisotopic (exact) mass is 485 g/mol. The van der Waals surface area contributed by atoms with E-state index in [1.165, 1.54) is 32.3 Å². The van der Waals surface area contributed by atoms with Crippen molar-refractivity contribution in [3.8, 4) is 0 Å². The van der Waals surface area contributed by atoms with E-state index in [4.69, 9.17) is 4.42 Å². The molecule has 0 unspecified atom stereocenters. The topological polar surface area (TPSA) is 16.4 Å². The molecule has 8 aromatic rings. The van der Waals surface area contributed by atoms with Crippen LogP contribution >= 0.6 is 0 Å². The third-order valence-corrected chi connectivity index (χ3v) is 7.60. The lowest BCUT2D eigenvalue weighted by Crippen LogP contribution is -2.10. The summed E-state index contributed by atoms with van der Waals surface area (Å²) in [6.45, 7) is 0.